The van der Waals surface area contributed by atoms with Crippen molar-refractivity contribution in [2.24, 2.45) is 5.41 Å². The summed E-state index contributed by atoms with van der Waals surface area (Å²) in [6.07, 6.45) is 5.93. The number of pyridine rings is 1. The number of halogens is 1. The van der Waals surface area contributed by atoms with Gasteiger partial charge in [-0.25, -0.2) is 4.79 Å². The average Bonchev–Trinajstić information content (AvgIpc) is 2.84. The van der Waals surface area contributed by atoms with E-state index in [0.29, 0.717) is 21.2 Å². The minimum atomic E-state index is -0.989. The zero-order chi connectivity index (χ0) is 16.1. The van der Waals surface area contributed by atoms with Gasteiger partial charge in [-0.15, -0.1) is 0 Å². The molecule has 0 aromatic carbocycles. The Morgan fingerprint density at radius 1 is 1.27 bits per heavy atom. The van der Waals surface area contributed by atoms with E-state index in [-0.39, 0.29) is 22.7 Å². The number of aromatic carboxylic acids is 1. The Morgan fingerprint density at radius 3 is 2.45 bits per heavy atom. The largest absolute Gasteiger partial charge is 0.478 e. The third kappa shape index (κ3) is 2.47. The van der Waals surface area contributed by atoms with E-state index in [9.17, 15) is 14.7 Å². The van der Waals surface area contributed by atoms with Gasteiger partial charge in [0.05, 0.1) is 22.5 Å². The standard InChI is InChI=1S/C17H20INO3/c1-9(2)15-13(16(21)22)14(18)12-10(19-15)7-17(8-11(12)20)5-3-4-6-17/h9H,3-8H2,1-2H3,(H,21,22). The second-order valence-electron chi connectivity index (χ2n) is 6.95. The number of carbonyl (C=O) groups is 2. The Labute approximate surface area is 143 Å². The fraction of sp³-hybridized carbons (Fsp3) is 0.588. The summed E-state index contributed by atoms with van der Waals surface area (Å²) in [5.74, 6) is -0.878. The fourth-order valence-corrected chi connectivity index (χ4v) is 5.10. The van der Waals surface area contributed by atoms with Crippen LogP contribution in [0.15, 0.2) is 0 Å². The highest BCUT2D eigenvalue weighted by Crippen LogP contribution is 2.48. The molecule has 0 atom stereocenters. The van der Waals surface area contributed by atoms with E-state index in [1.165, 1.54) is 12.8 Å². The zero-order valence-corrected chi connectivity index (χ0v) is 15.1. The Morgan fingerprint density at radius 2 is 1.91 bits per heavy atom. The predicted molar refractivity (Wildman–Crippen MR) is 91.6 cm³/mol. The highest BCUT2D eigenvalue weighted by molar-refractivity contribution is 14.1. The van der Waals surface area contributed by atoms with Gasteiger partial charge in [-0.2, -0.15) is 0 Å². The van der Waals surface area contributed by atoms with Crippen LogP contribution in [0, 0.1) is 8.99 Å². The zero-order valence-electron chi connectivity index (χ0n) is 12.9. The molecule has 1 fully saturated rings. The van der Waals surface area contributed by atoms with Gasteiger partial charge in [0.15, 0.2) is 5.78 Å². The molecule has 0 bridgehead atoms. The van der Waals surface area contributed by atoms with Crippen molar-refractivity contribution in [2.75, 3.05) is 0 Å². The van der Waals surface area contributed by atoms with Crippen molar-refractivity contribution in [1.29, 1.82) is 0 Å². The number of ketones is 1. The van der Waals surface area contributed by atoms with Gasteiger partial charge >= 0.3 is 5.97 Å². The molecular weight excluding hydrogens is 393 g/mol. The minimum absolute atomic E-state index is 0.0291. The normalized spacial score (nSPS) is 19.7. The highest BCUT2D eigenvalue weighted by atomic mass is 127. The van der Waals surface area contributed by atoms with Crippen LogP contribution in [0.25, 0.3) is 0 Å². The third-order valence-corrected chi connectivity index (χ3v) is 6.10. The molecule has 2 aliphatic rings. The molecule has 1 N–H and O–H groups in total. The topological polar surface area (TPSA) is 67.3 Å². The number of carbonyl (C=O) groups excluding carboxylic acids is 1. The molecule has 22 heavy (non-hydrogen) atoms. The quantitative estimate of drug-likeness (QED) is 0.739. The number of nitrogens with zero attached hydrogens (tertiary/aromatic N) is 1. The van der Waals surface area contributed by atoms with Crippen molar-refractivity contribution in [3.05, 3.63) is 26.1 Å². The van der Waals surface area contributed by atoms with Crippen molar-refractivity contribution >= 4 is 34.3 Å². The van der Waals surface area contributed by atoms with Crippen molar-refractivity contribution in [3.63, 3.8) is 0 Å². The van der Waals surface area contributed by atoms with E-state index < -0.39 is 5.97 Å². The summed E-state index contributed by atoms with van der Waals surface area (Å²) in [7, 11) is 0. The van der Waals surface area contributed by atoms with Crippen molar-refractivity contribution in [2.45, 2.75) is 58.3 Å². The number of rotatable bonds is 2. The maximum absolute atomic E-state index is 12.7. The Bertz CT molecular complexity index is 660. The van der Waals surface area contributed by atoms with E-state index in [2.05, 4.69) is 4.98 Å². The lowest BCUT2D eigenvalue weighted by molar-refractivity contribution is 0.0693. The molecule has 5 heteroatoms. The lowest BCUT2D eigenvalue weighted by atomic mass is 9.71. The minimum Gasteiger partial charge on any atom is -0.478 e. The van der Waals surface area contributed by atoms with Crippen molar-refractivity contribution in [1.82, 2.24) is 4.98 Å². The maximum atomic E-state index is 12.7. The molecule has 2 aliphatic carbocycles. The molecule has 0 radical (unpaired) electrons. The molecule has 118 valence electrons. The predicted octanol–water partition coefficient (Wildman–Crippen LogP) is 4.20. The second-order valence-corrected chi connectivity index (χ2v) is 8.03. The Balaban J connectivity index is 2.19. The molecule has 4 nitrogen and oxygen atoms in total. The molecule has 0 saturated heterocycles. The van der Waals surface area contributed by atoms with E-state index in [0.717, 1.165) is 25.0 Å². The monoisotopic (exact) mass is 413 g/mol. The first kappa shape index (κ1) is 15.9. The summed E-state index contributed by atoms with van der Waals surface area (Å²) in [5, 5.41) is 9.53. The van der Waals surface area contributed by atoms with Crippen molar-refractivity contribution < 1.29 is 14.7 Å². The summed E-state index contributed by atoms with van der Waals surface area (Å²) in [4.78, 5) is 29.0. The van der Waals surface area contributed by atoms with Crippen LogP contribution in [-0.4, -0.2) is 21.8 Å². The van der Waals surface area contributed by atoms with Crippen LogP contribution in [0.4, 0.5) is 0 Å². The van der Waals surface area contributed by atoms with Gasteiger partial charge in [0.25, 0.3) is 0 Å². The first-order valence-electron chi connectivity index (χ1n) is 7.83. The number of hydrogen-bond donors (Lipinski definition) is 1. The van der Waals surface area contributed by atoms with E-state index in [1.54, 1.807) is 0 Å². The molecule has 0 amide bonds. The first-order valence-corrected chi connectivity index (χ1v) is 8.91. The van der Waals surface area contributed by atoms with Crippen LogP contribution in [-0.2, 0) is 6.42 Å². The second kappa shape index (κ2) is 5.58. The Hall–Kier alpha value is -0.980. The van der Waals surface area contributed by atoms with Crippen molar-refractivity contribution in [3.8, 4) is 0 Å². The smallest absolute Gasteiger partial charge is 0.338 e. The summed E-state index contributed by atoms with van der Waals surface area (Å²) < 4.78 is 0.580. The van der Waals surface area contributed by atoms with Gasteiger partial charge < -0.3 is 5.11 Å². The lowest BCUT2D eigenvalue weighted by Crippen LogP contribution is -2.33. The van der Waals surface area contributed by atoms with Crippen LogP contribution >= 0.6 is 22.6 Å². The third-order valence-electron chi connectivity index (χ3n) is 5.02. The number of carboxylic acids is 1. The van der Waals surface area contributed by atoms with Gasteiger partial charge in [-0.3, -0.25) is 9.78 Å². The van der Waals surface area contributed by atoms with E-state index >= 15 is 0 Å². The number of fused-ring (bicyclic) bond motifs is 1. The molecule has 1 saturated carbocycles. The lowest BCUT2D eigenvalue weighted by Gasteiger charge is -2.34. The number of aromatic nitrogens is 1. The van der Waals surface area contributed by atoms with Gasteiger partial charge in [0.1, 0.15) is 0 Å². The summed E-state index contributed by atoms with van der Waals surface area (Å²) >= 11 is 2.02. The molecule has 3 rings (SSSR count). The fourth-order valence-electron chi connectivity index (χ4n) is 3.98. The molecule has 1 aromatic rings. The molecular formula is C17H20INO3. The van der Waals surface area contributed by atoms with Crippen LogP contribution < -0.4 is 0 Å². The summed E-state index contributed by atoms with van der Waals surface area (Å²) in [6, 6.07) is 0. The SMILES string of the molecule is CC(C)c1nc2c(c(I)c1C(=O)O)C(=O)CC1(CCCC1)C2. The number of carboxylic acid groups (broad SMARTS) is 1. The van der Waals surface area contributed by atoms with Crippen LogP contribution in [0.2, 0.25) is 0 Å². The molecule has 0 unspecified atom stereocenters. The van der Waals surface area contributed by atoms with Crippen LogP contribution in [0.5, 0.6) is 0 Å². The van der Waals surface area contributed by atoms with Gasteiger partial charge in [0, 0.05) is 9.99 Å². The van der Waals surface area contributed by atoms with Gasteiger partial charge in [-0.1, -0.05) is 26.7 Å². The van der Waals surface area contributed by atoms with E-state index in [1.807, 2.05) is 36.4 Å². The molecule has 1 aromatic heterocycles. The molecule has 1 spiro atoms. The highest BCUT2D eigenvalue weighted by Gasteiger charge is 2.43. The van der Waals surface area contributed by atoms with Gasteiger partial charge in [0.2, 0.25) is 0 Å². The maximum Gasteiger partial charge on any atom is 0.338 e. The molecule has 1 heterocycles. The summed E-state index contributed by atoms with van der Waals surface area (Å²) in [6.45, 7) is 3.90. The van der Waals surface area contributed by atoms with E-state index in [4.69, 9.17) is 0 Å². The Kier molecular flexibility index (Phi) is 4.03. The number of Topliss-reactive ketones (excluding diaryl/α,β-unsaturated/α-hetero) is 1. The van der Waals surface area contributed by atoms with Gasteiger partial charge in [-0.05, 0) is 53.2 Å². The van der Waals surface area contributed by atoms with Crippen LogP contribution in [0.3, 0.4) is 0 Å². The number of hydrogen-bond acceptors (Lipinski definition) is 3. The first-order chi connectivity index (χ1) is 10.3. The summed E-state index contributed by atoms with van der Waals surface area (Å²) in [5.41, 5.74) is 2.30. The van der Waals surface area contributed by atoms with Crippen LogP contribution in [0.1, 0.15) is 84.0 Å². The molecule has 0 aliphatic heterocycles. The average molecular weight is 413 g/mol.